The lowest BCUT2D eigenvalue weighted by molar-refractivity contribution is -0.119. The molecule has 0 saturated carbocycles. The number of hydrogen-bond donors (Lipinski definition) is 2. The predicted octanol–water partition coefficient (Wildman–Crippen LogP) is 4.37. The number of benzene rings is 1. The number of amides is 2. The Balaban J connectivity index is 2.07. The molecule has 0 fully saturated rings. The number of pyridine rings is 1. The number of rotatable bonds is 1. The smallest absolute Gasteiger partial charge is 0.411 e. The van der Waals surface area contributed by atoms with Crippen molar-refractivity contribution >= 4 is 23.4 Å². The fourth-order valence-corrected chi connectivity index (χ4v) is 3.09. The topological polar surface area (TPSA) is 80.3 Å². The van der Waals surface area contributed by atoms with E-state index in [1.54, 1.807) is 24.3 Å². The van der Waals surface area contributed by atoms with Crippen LogP contribution in [0.4, 0.5) is 20.6 Å². The van der Waals surface area contributed by atoms with Crippen LogP contribution in [0.1, 0.15) is 31.7 Å². The van der Waals surface area contributed by atoms with E-state index in [0.29, 0.717) is 34.6 Å². The number of carbonyl (C=O) groups is 2. The second-order valence-corrected chi connectivity index (χ2v) is 6.67. The third-order valence-corrected chi connectivity index (χ3v) is 4.70. The van der Waals surface area contributed by atoms with Gasteiger partial charge in [-0.15, -0.1) is 0 Å². The van der Waals surface area contributed by atoms with Crippen LogP contribution in [0.2, 0.25) is 0 Å². The summed E-state index contributed by atoms with van der Waals surface area (Å²) in [6, 6.07) is 6.79. The molecule has 0 saturated heterocycles. The lowest BCUT2D eigenvalue weighted by atomic mass is 9.97. The van der Waals surface area contributed by atoms with Gasteiger partial charge in [0.25, 0.3) is 0 Å². The van der Waals surface area contributed by atoms with Crippen molar-refractivity contribution in [3.05, 3.63) is 41.8 Å². The van der Waals surface area contributed by atoms with Crippen LogP contribution in [-0.2, 0) is 16.0 Å². The van der Waals surface area contributed by atoms with E-state index in [4.69, 9.17) is 0 Å². The quantitative estimate of drug-likeness (QED) is 0.780. The van der Waals surface area contributed by atoms with Gasteiger partial charge in [0, 0.05) is 17.2 Å². The number of methoxy groups -OCH3 is 1. The number of nitrogens with zero attached hydrogens (tertiary/aromatic N) is 1. The maximum absolute atomic E-state index is 14.1. The highest BCUT2D eigenvalue weighted by Gasteiger charge is 2.18. The van der Waals surface area contributed by atoms with Crippen LogP contribution in [0, 0.1) is 11.7 Å². The molecule has 3 rings (SSSR count). The molecule has 0 radical (unpaired) electrons. The Morgan fingerprint density at radius 3 is 2.93 bits per heavy atom. The summed E-state index contributed by atoms with van der Waals surface area (Å²) in [5.74, 6) is -0.599. The number of aryl methyl sites for hydroxylation is 1. The van der Waals surface area contributed by atoms with Gasteiger partial charge in [0.15, 0.2) is 0 Å². The highest BCUT2D eigenvalue weighted by Crippen LogP contribution is 2.32. The van der Waals surface area contributed by atoms with E-state index in [2.05, 4.69) is 20.4 Å². The maximum Gasteiger partial charge on any atom is 0.411 e. The van der Waals surface area contributed by atoms with Crippen molar-refractivity contribution in [2.75, 3.05) is 17.7 Å². The SMILES string of the molecule is COC(=O)Nc1ccc2c(c1)NC(=O)[C@@H](C)CCCCc1cc-2ncc1F. The molecule has 1 aliphatic heterocycles. The van der Waals surface area contributed by atoms with Crippen LogP contribution in [0.15, 0.2) is 30.5 Å². The number of ether oxygens (including phenoxy) is 1. The average Bonchev–Trinajstić information content (AvgIpc) is 2.65. The molecule has 142 valence electrons. The lowest BCUT2D eigenvalue weighted by Gasteiger charge is -2.18. The monoisotopic (exact) mass is 371 g/mol. The normalized spacial score (nSPS) is 17.0. The summed E-state index contributed by atoms with van der Waals surface area (Å²) in [5, 5.41) is 5.50. The number of carbonyl (C=O) groups excluding carboxylic acids is 2. The predicted molar refractivity (Wildman–Crippen MR) is 101 cm³/mol. The molecule has 1 aliphatic rings. The van der Waals surface area contributed by atoms with Gasteiger partial charge >= 0.3 is 6.09 Å². The summed E-state index contributed by atoms with van der Waals surface area (Å²) in [5.41, 5.74) is 2.82. The van der Waals surface area contributed by atoms with E-state index in [1.165, 1.54) is 13.3 Å². The third kappa shape index (κ3) is 4.42. The molecular formula is C20H22FN3O3. The highest BCUT2D eigenvalue weighted by atomic mass is 19.1. The van der Waals surface area contributed by atoms with Crippen LogP contribution >= 0.6 is 0 Å². The van der Waals surface area contributed by atoms with Crippen molar-refractivity contribution in [3.63, 3.8) is 0 Å². The van der Waals surface area contributed by atoms with Crippen LogP contribution < -0.4 is 10.6 Å². The number of aromatic nitrogens is 1. The van der Waals surface area contributed by atoms with Crippen molar-refractivity contribution in [3.8, 4) is 11.3 Å². The fraction of sp³-hybridized carbons (Fsp3) is 0.350. The van der Waals surface area contributed by atoms with Crippen LogP contribution in [-0.4, -0.2) is 24.1 Å². The molecule has 2 heterocycles. The average molecular weight is 371 g/mol. The zero-order valence-corrected chi connectivity index (χ0v) is 15.3. The van der Waals surface area contributed by atoms with Gasteiger partial charge < -0.3 is 10.1 Å². The third-order valence-electron chi connectivity index (χ3n) is 4.70. The molecular weight excluding hydrogens is 349 g/mol. The van der Waals surface area contributed by atoms with Crippen molar-refractivity contribution in [1.82, 2.24) is 4.98 Å². The lowest BCUT2D eigenvalue weighted by Crippen LogP contribution is -2.21. The molecule has 6 nitrogen and oxygen atoms in total. The van der Waals surface area contributed by atoms with Crippen molar-refractivity contribution in [2.45, 2.75) is 32.6 Å². The summed E-state index contributed by atoms with van der Waals surface area (Å²) in [4.78, 5) is 28.2. The summed E-state index contributed by atoms with van der Waals surface area (Å²) in [7, 11) is 1.27. The Hall–Kier alpha value is -2.96. The number of anilines is 2. The molecule has 2 N–H and O–H groups in total. The zero-order valence-electron chi connectivity index (χ0n) is 15.3. The maximum atomic E-state index is 14.1. The van der Waals surface area contributed by atoms with Crippen LogP contribution in [0.5, 0.6) is 0 Å². The number of fused-ring (bicyclic) bond motifs is 4. The van der Waals surface area contributed by atoms with Gasteiger partial charge in [0.1, 0.15) is 5.82 Å². The first-order valence-corrected chi connectivity index (χ1v) is 8.92. The minimum absolute atomic E-state index is 0.102. The van der Waals surface area contributed by atoms with E-state index >= 15 is 0 Å². The first kappa shape index (κ1) is 18.8. The van der Waals surface area contributed by atoms with Gasteiger partial charge in [-0.2, -0.15) is 0 Å². The van der Waals surface area contributed by atoms with E-state index in [9.17, 15) is 14.0 Å². The highest BCUT2D eigenvalue weighted by molar-refractivity contribution is 5.98. The Bertz CT molecular complexity index is 870. The number of nitrogens with one attached hydrogen (secondary N) is 2. The van der Waals surface area contributed by atoms with Gasteiger partial charge in [-0.25, -0.2) is 9.18 Å². The summed E-state index contributed by atoms with van der Waals surface area (Å²) in [6.45, 7) is 1.87. The van der Waals surface area contributed by atoms with Gasteiger partial charge in [-0.05, 0) is 49.1 Å². The first-order chi connectivity index (χ1) is 13.0. The minimum Gasteiger partial charge on any atom is -0.453 e. The second-order valence-electron chi connectivity index (χ2n) is 6.67. The molecule has 0 aliphatic carbocycles. The summed E-state index contributed by atoms with van der Waals surface area (Å²) < 4.78 is 18.7. The molecule has 2 amide bonds. The summed E-state index contributed by atoms with van der Waals surface area (Å²) >= 11 is 0. The zero-order chi connectivity index (χ0) is 19.4. The molecule has 2 aromatic rings. The Labute approximate surface area is 157 Å². The van der Waals surface area contributed by atoms with Crippen LogP contribution in [0.25, 0.3) is 11.3 Å². The van der Waals surface area contributed by atoms with E-state index in [0.717, 1.165) is 19.3 Å². The van der Waals surface area contributed by atoms with E-state index < -0.39 is 6.09 Å². The van der Waals surface area contributed by atoms with Gasteiger partial charge in [0.2, 0.25) is 5.91 Å². The standard InChI is InChI=1S/C20H22FN3O3/c1-12-5-3-4-6-13-9-17(22-11-16(13)21)15-8-7-14(23-20(26)27-2)10-18(15)24-19(12)25/h7-12H,3-6H2,1-2H3,(H,23,26)(H,24,25)/t12-/m0/s1. The molecule has 1 atom stereocenters. The minimum atomic E-state index is -0.606. The number of halogens is 1. The van der Waals surface area contributed by atoms with Gasteiger partial charge in [-0.1, -0.05) is 13.3 Å². The van der Waals surface area contributed by atoms with Gasteiger partial charge in [-0.3, -0.25) is 15.1 Å². The molecule has 27 heavy (non-hydrogen) atoms. The Kier molecular flexibility index (Phi) is 5.69. The molecule has 0 spiro atoms. The van der Waals surface area contributed by atoms with E-state index in [-0.39, 0.29) is 17.6 Å². The second kappa shape index (κ2) is 8.16. The molecule has 1 aromatic heterocycles. The van der Waals surface area contributed by atoms with Crippen molar-refractivity contribution in [2.24, 2.45) is 5.92 Å². The fourth-order valence-electron chi connectivity index (χ4n) is 3.09. The Morgan fingerprint density at radius 1 is 1.33 bits per heavy atom. The summed E-state index contributed by atoms with van der Waals surface area (Å²) in [6.07, 6.45) is 3.58. The largest absolute Gasteiger partial charge is 0.453 e. The molecule has 7 heteroatoms. The molecule has 1 aromatic carbocycles. The van der Waals surface area contributed by atoms with Crippen molar-refractivity contribution < 1.29 is 18.7 Å². The molecule has 2 bridgehead atoms. The Morgan fingerprint density at radius 2 is 2.15 bits per heavy atom. The molecule has 0 unspecified atom stereocenters. The van der Waals surface area contributed by atoms with Crippen molar-refractivity contribution in [1.29, 1.82) is 0 Å². The van der Waals surface area contributed by atoms with Crippen LogP contribution in [0.3, 0.4) is 0 Å². The number of hydrogen-bond acceptors (Lipinski definition) is 4. The van der Waals surface area contributed by atoms with E-state index in [1.807, 2.05) is 6.92 Å². The first-order valence-electron chi connectivity index (χ1n) is 8.92. The van der Waals surface area contributed by atoms with Gasteiger partial charge in [0.05, 0.1) is 24.7 Å².